The average Bonchev–Trinajstić information content (AvgIpc) is 3.15. The number of methoxy groups -OCH3 is 1. The lowest BCUT2D eigenvalue weighted by atomic mass is 9.79. The van der Waals surface area contributed by atoms with E-state index < -0.39 is 12.0 Å². The van der Waals surface area contributed by atoms with Gasteiger partial charge in [-0.2, -0.15) is 0 Å². The molecule has 0 aliphatic carbocycles. The van der Waals surface area contributed by atoms with Crippen molar-refractivity contribution >= 4 is 28.3 Å². The minimum absolute atomic E-state index is 0.101. The summed E-state index contributed by atoms with van der Waals surface area (Å²) in [5.74, 6) is -0.132. The van der Waals surface area contributed by atoms with Crippen LogP contribution in [0.15, 0.2) is 54.7 Å². The lowest BCUT2D eigenvalue weighted by Crippen LogP contribution is -2.44. The van der Waals surface area contributed by atoms with Crippen molar-refractivity contribution in [2.75, 3.05) is 19.5 Å². The van der Waals surface area contributed by atoms with Crippen LogP contribution >= 0.6 is 11.3 Å². The fourth-order valence-corrected chi connectivity index (χ4v) is 4.44. The Labute approximate surface area is 173 Å². The quantitative estimate of drug-likeness (QED) is 0.709. The molecule has 2 aromatic carbocycles. The molecule has 2 heterocycles. The number of aromatic nitrogens is 1. The maximum atomic E-state index is 13.4. The molecule has 1 aliphatic heterocycles. The SMILES string of the molecule is COc1ccc([C@@H]2[C@@H](C(=O)Nc3ncc(C)s3)c3ccccc3C(=O)N2C)cc1. The number of thiazole rings is 1. The van der Waals surface area contributed by atoms with Crippen molar-refractivity contribution in [3.05, 3.63) is 76.3 Å². The summed E-state index contributed by atoms with van der Waals surface area (Å²) in [4.78, 5) is 33.3. The Kier molecular flexibility index (Phi) is 5.07. The van der Waals surface area contributed by atoms with Crippen LogP contribution in [0.1, 0.15) is 38.3 Å². The summed E-state index contributed by atoms with van der Waals surface area (Å²) in [7, 11) is 3.34. The number of aryl methyl sites for hydroxylation is 1. The molecule has 29 heavy (non-hydrogen) atoms. The van der Waals surface area contributed by atoms with Crippen LogP contribution in [0.2, 0.25) is 0 Å². The first-order valence-electron chi connectivity index (χ1n) is 9.23. The number of anilines is 1. The molecule has 2 amide bonds. The minimum atomic E-state index is -0.563. The van der Waals surface area contributed by atoms with Gasteiger partial charge in [-0.25, -0.2) is 4.98 Å². The van der Waals surface area contributed by atoms with E-state index in [1.807, 2.05) is 49.4 Å². The lowest BCUT2D eigenvalue weighted by molar-refractivity contribution is -0.119. The van der Waals surface area contributed by atoms with Crippen LogP contribution in [0.25, 0.3) is 0 Å². The molecule has 148 valence electrons. The molecule has 0 saturated heterocycles. The van der Waals surface area contributed by atoms with Gasteiger partial charge in [0, 0.05) is 23.7 Å². The van der Waals surface area contributed by atoms with Gasteiger partial charge in [0.1, 0.15) is 5.75 Å². The first kappa shape index (κ1) is 19.1. The van der Waals surface area contributed by atoms with Gasteiger partial charge in [0.15, 0.2) is 5.13 Å². The van der Waals surface area contributed by atoms with Gasteiger partial charge in [0.05, 0.1) is 19.1 Å². The van der Waals surface area contributed by atoms with Crippen molar-refractivity contribution in [2.45, 2.75) is 18.9 Å². The van der Waals surface area contributed by atoms with Gasteiger partial charge in [-0.15, -0.1) is 11.3 Å². The number of hydrogen-bond acceptors (Lipinski definition) is 5. The van der Waals surface area contributed by atoms with E-state index in [4.69, 9.17) is 4.74 Å². The number of ether oxygens (including phenoxy) is 1. The van der Waals surface area contributed by atoms with Gasteiger partial charge >= 0.3 is 0 Å². The average molecular weight is 407 g/mol. The Morgan fingerprint density at radius 1 is 1.17 bits per heavy atom. The normalized spacial score (nSPS) is 18.3. The van der Waals surface area contributed by atoms with Crippen molar-refractivity contribution in [1.82, 2.24) is 9.88 Å². The molecule has 7 heteroatoms. The van der Waals surface area contributed by atoms with E-state index in [0.717, 1.165) is 21.8 Å². The van der Waals surface area contributed by atoms with Gasteiger partial charge in [-0.3, -0.25) is 9.59 Å². The fraction of sp³-hybridized carbons (Fsp3) is 0.227. The van der Waals surface area contributed by atoms with E-state index in [1.54, 1.807) is 31.3 Å². The third-order valence-corrected chi connectivity index (χ3v) is 6.00. The Balaban J connectivity index is 1.79. The van der Waals surface area contributed by atoms with Crippen LogP contribution < -0.4 is 10.1 Å². The second-order valence-corrected chi connectivity index (χ2v) is 8.20. The van der Waals surface area contributed by atoms with Gasteiger partial charge < -0.3 is 15.0 Å². The Bertz CT molecular complexity index is 1060. The molecule has 6 nitrogen and oxygen atoms in total. The molecular weight excluding hydrogens is 386 g/mol. The number of likely N-dealkylation sites (N-methyl/N-ethyl adjacent to an activating group) is 1. The van der Waals surface area contributed by atoms with E-state index in [2.05, 4.69) is 10.3 Å². The van der Waals surface area contributed by atoms with Crippen molar-refractivity contribution in [2.24, 2.45) is 0 Å². The van der Waals surface area contributed by atoms with Crippen molar-refractivity contribution in [1.29, 1.82) is 0 Å². The summed E-state index contributed by atoms with van der Waals surface area (Å²) < 4.78 is 5.25. The first-order valence-corrected chi connectivity index (χ1v) is 10.0. The van der Waals surface area contributed by atoms with Crippen LogP contribution in [-0.4, -0.2) is 35.9 Å². The zero-order chi connectivity index (χ0) is 20.5. The lowest BCUT2D eigenvalue weighted by Gasteiger charge is -2.39. The fourth-order valence-electron chi connectivity index (χ4n) is 3.77. The van der Waals surface area contributed by atoms with Crippen LogP contribution in [-0.2, 0) is 4.79 Å². The zero-order valence-corrected chi connectivity index (χ0v) is 17.2. The van der Waals surface area contributed by atoms with Crippen LogP contribution in [0, 0.1) is 6.92 Å². The zero-order valence-electron chi connectivity index (χ0n) is 16.4. The molecule has 1 aromatic heterocycles. The number of hydrogen-bond donors (Lipinski definition) is 1. The third kappa shape index (κ3) is 3.49. The highest BCUT2D eigenvalue weighted by molar-refractivity contribution is 7.15. The molecule has 3 aromatic rings. The number of benzene rings is 2. The van der Waals surface area contributed by atoms with Crippen molar-refractivity contribution in [3.63, 3.8) is 0 Å². The Morgan fingerprint density at radius 2 is 1.90 bits per heavy atom. The second kappa shape index (κ2) is 7.67. The monoisotopic (exact) mass is 407 g/mol. The predicted octanol–water partition coefficient (Wildman–Crippen LogP) is 4.01. The van der Waals surface area contributed by atoms with E-state index in [0.29, 0.717) is 10.7 Å². The number of nitrogens with one attached hydrogen (secondary N) is 1. The molecule has 0 saturated carbocycles. The van der Waals surface area contributed by atoms with Crippen LogP contribution in [0.4, 0.5) is 5.13 Å². The third-order valence-electron chi connectivity index (χ3n) is 5.17. The van der Waals surface area contributed by atoms with E-state index >= 15 is 0 Å². The highest BCUT2D eigenvalue weighted by Crippen LogP contribution is 2.42. The van der Waals surface area contributed by atoms with E-state index in [1.165, 1.54) is 11.3 Å². The molecule has 0 bridgehead atoms. The standard InChI is InChI=1S/C22H21N3O3S/c1-13-12-23-22(29-13)24-20(26)18-16-6-4-5-7-17(16)21(27)25(2)19(18)14-8-10-15(28-3)11-9-14/h4-12,18-19H,1-3H3,(H,23,24,26)/t18-,19+/m0/s1. The first-order chi connectivity index (χ1) is 14.0. The summed E-state index contributed by atoms with van der Waals surface area (Å²) in [6, 6.07) is 14.3. The second-order valence-electron chi connectivity index (χ2n) is 6.96. The molecule has 0 radical (unpaired) electrons. The summed E-state index contributed by atoms with van der Waals surface area (Å²) in [5.41, 5.74) is 2.14. The van der Waals surface area contributed by atoms with Crippen LogP contribution in [0.3, 0.4) is 0 Å². The topological polar surface area (TPSA) is 71.5 Å². The van der Waals surface area contributed by atoms with Crippen molar-refractivity contribution in [3.8, 4) is 5.75 Å². The summed E-state index contributed by atoms with van der Waals surface area (Å²) in [5, 5.41) is 3.49. The molecule has 2 atom stereocenters. The summed E-state index contributed by atoms with van der Waals surface area (Å²) in [6.07, 6.45) is 1.73. The van der Waals surface area contributed by atoms with Gasteiger partial charge in [-0.1, -0.05) is 30.3 Å². The molecular formula is C22H21N3O3S. The summed E-state index contributed by atoms with van der Waals surface area (Å²) in [6.45, 7) is 1.94. The van der Waals surface area contributed by atoms with Crippen LogP contribution in [0.5, 0.6) is 5.75 Å². The summed E-state index contributed by atoms with van der Waals surface area (Å²) >= 11 is 1.42. The molecule has 4 rings (SSSR count). The maximum absolute atomic E-state index is 13.4. The van der Waals surface area contributed by atoms with E-state index in [-0.39, 0.29) is 11.8 Å². The molecule has 0 fully saturated rings. The molecule has 0 unspecified atom stereocenters. The Morgan fingerprint density at radius 3 is 2.55 bits per heavy atom. The number of amides is 2. The Hall–Kier alpha value is -3.19. The molecule has 1 aliphatic rings. The van der Waals surface area contributed by atoms with Crippen molar-refractivity contribution < 1.29 is 14.3 Å². The van der Waals surface area contributed by atoms with Gasteiger partial charge in [-0.05, 0) is 36.2 Å². The maximum Gasteiger partial charge on any atom is 0.254 e. The smallest absolute Gasteiger partial charge is 0.254 e. The predicted molar refractivity (Wildman–Crippen MR) is 112 cm³/mol. The molecule has 0 spiro atoms. The van der Waals surface area contributed by atoms with Gasteiger partial charge in [0.25, 0.3) is 5.91 Å². The molecule has 1 N–H and O–H groups in total. The van der Waals surface area contributed by atoms with E-state index in [9.17, 15) is 9.59 Å². The minimum Gasteiger partial charge on any atom is -0.497 e. The highest BCUT2D eigenvalue weighted by atomic mass is 32.1. The number of carbonyl (C=O) groups excluding carboxylic acids is 2. The number of carbonyl (C=O) groups is 2. The number of rotatable bonds is 4. The largest absolute Gasteiger partial charge is 0.497 e. The highest BCUT2D eigenvalue weighted by Gasteiger charge is 2.42. The van der Waals surface area contributed by atoms with Gasteiger partial charge in [0.2, 0.25) is 5.91 Å². The number of fused-ring (bicyclic) bond motifs is 1. The number of nitrogens with zero attached hydrogens (tertiary/aromatic N) is 2.